The molecule has 10 aromatic rings. The Balaban J connectivity index is 0.000000144. The fourth-order valence-corrected chi connectivity index (χ4v) is 9.12. The molecule has 70 heavy (non-hydrogen) atoms. The second-order valence-corrected chi connectivity index (χ2v) is 17.4. The van der Waals surface area contributed by atoms with E-state index in [9.17, 15) is 0 Å². The van der Waals surface area contributed by atoms with Crippen LogP contribution in [0.3, 0.4) is 0 Å². The predicted molar refractivity (Wildman–Crippen MR) is 269 cm³/mol. The summed E-state index contributed by atoms with van der Waals surface area (Å²) in [6.07, 6.45) is 8.70. The minimum Gasteiger partial charge on any atom is -0.256 e. The van der Waals surface area contributed by atoms with E-state index >= 15 is 0 Å². The van der Waals surface area contributed by atoms with Crippen molar-refractivity contribution in [2.75, 3.05) is 0 Å². The Kier molecular flexibility index (Phi) is 16.1. The van der Waals surface area contributed by atoms with E-state index in [4.69, 9.17) is 0 Å². The topological polar surface area (TPSA) is 173 Å². The van der Waals surface area contributed by atoms with E-state index in [1.807, 2.05) is 75.2 Å². The zero-order valence-electron chi connectivity index (χ0n) is 45.4. The van der Waals surface area contributed by atoms with Gasteiger partial charge in [-0.25, -0.2) is 61.5 Å². The third-order valence-electron chi connectivity index (χ3n) is 13.4. The van der Waals surface area contributed by atoms with Crippen LogP contribution in [0.1, 0.15) is 92.3 Å². The lowest BCUT2D eigenvalue weighted by molar-refractivity contribution is -0.654. The number of aryl methyl sites for hydroxylation is 15. The first kappa shape index (κ1) is 52.1. The number of hydrogen-bond donors (Lipinski definition) is 0. The molecule has 0 spiro atoms. The van der Waals surface area contributed by atoms with E-state index in [2.05, 4.69) is 172 Å². The Hall–Kier alpha value is -7.25. The summed E-state index contributed by atoms with van der Waals surface area (Å²) in [7, 11) is 10.1. The first-order valence-electron chi connectivity index (χ1n) is 24.2. The Morgan fingerprint density at radius 1 is 0.357 bits per heavy atom. The molecule has 0 N–H and O–H groups in total. The van der Waals surface area contributed by atoms with Crippen molar-refractivity contribution in [1.29, 1.82) is 0 Å². The van der Waals surface area contributed by atoms with Gasteiger partial charge in [-0.05, 0) is 62.3 Å². The highest BCUT2D eigenvalue weighted by molar-refractivity contribution is 5.71. The molecule has 20 heteroatoms. The Morgan fingerprint density at radius 2 is 0.771 bits per heavy atom. The van der Waals surface area contributed by atoms with Crippen molar-refractivity contribution in [3.8, 4) is 0 Å². The Morgan fingerprint density at radius 3 is 1.33 bits per heavy atom. The van der Waals surface area contributed by atoms with Crippen LogP contribution in [0.5, 0.6) is 0 Å². The van der Waals surface area contributed by atoms with Gasteiger partial charge in [0, 0.05) is 41.5 Å². The summed E-state index contributed by atoms with van der Waals surface area (Å²) in [5.41, 5.74) is 14.1. The van der Waals surface area contributed by atoms with Gasteiger partial charge in [-0.1, -0.05) is 9.97 Å². The van der Waals surface area contributed by atoms with E-state index in [0.717, 1.165) is 118 Å². The molecule has 10 rings (SSSR count). The van der Waals surface area contributed by atoms with E-state index in [0.29, 0.717) is 0 Å². The zero-order chi connectivity index (χ0) is 51.5. The molecule has 0 amide bonds. The molecule has 0 aliphatic heterocycles. The van der Waals surface area contributed by atoms with Crippen LogP contribution in [0.2, 0.25) is 0 Å². The normalized spacial score (nSPS) is 11.1. The van der Waals surface area contributed by atoms with Crippen LogP contribution in [-0.4, -0.2) is 72.7 Å². The maximum Gasteiger partial charge on any atom is 0.322 e. The molecule has 10 heterocycles. The van der Waals surface area contributed by atoms with Crippen molar-refractivity contribution in [1.82, 2.24) is 72.7 Å². The van der Waals surface area contributed by atoms with Crippen LogP contribution < -0.4 is 22.8 Å². The second-order valence-electron chi connectivity index (χ2n) is 17.4. The lowest BCUT2D eigenvalue weighted by atomic mass is 10.3. The lowest BCUT2D eigenvalue weighted by Crippen LogP contribution is -2.31. The van der Waals surface area contributed by atoms with Crippen molar-refractivity contribution in [2.45, 2.75) is 137 Å². The summed E-state index contributed by atoms with van der Waals surface area (Å²) < 4.78 is 21.4. The molecule has 0 aliphatic rings. The quantitative estimate of drug-likeness (QED) is 0.224. The van der Waals surface area contributed by atoms with Gasteiger partial charge in [-0.2, -0.15) is 0 Å². The lowest BCUT2D eigenvalue weighted by Gasteiger charge is -1.97. The number of hydrogen-bond acceptors (Lipinski definition) is 10. The van der Waals surface area contributed by atoms with Gasteiger partial charge in [0.1, 0.15) is 18.1 Å². The molecular formula is C50H75N20+5. The number of rotatable bonds is 5. The molecule has 0 aromatic carbocycles. The second kappa shape index (κ2) is 21.6. The van der Waals surface area contributed by atoms with Crippen molar-refractivity contribution in [3.63, 3.8) is 0 Å². The maximum atomic E-state index is 4.51. The maximum absolute atomic E-state index is 4.51. The van der Waals surface area contributed by atoms with Gasteiger partial charge in [0.05, 0.1) is 97.4 Å². The number of nitrogens with zero attached hydrogens (tertiary/aromatic N) is 20. The van der Waals surface area contributed by atoms with Gasteiger partial charge >= 0.3 is 28.2 Å². The van der Waals surface area contributed by atoms with E-state index in [1.54, 1.807) is 18.7 Å². The van der Waals surface area contributed by atoms with Gasteiger partial charge in [0.15, 0.2) is 17.4 Å². The fourth-order valence-electron chi connectivity index (χ4n) is 9.12. The molecule has 20 nitrogen and oxygen atoms in total. The zero-order valence-corrected chi connectivity index (χ0v) is 45.4. The van der Waals surface area contributed by atoms with Crippen LogP contribution in [0.4, 0.5) is 0 Å². The standard InChI is InChI=1S/C11H17N4.3C10H15N4.C9H13N4/c1-6-15-9(4)14(5)11-10(15)7(2)12-8(3)13-11;1-5-14-8(3)13(4)10-9(14)7(2)11-6-12-10;1-5-14-8(3)13(4)10-9(14)11-6-7(2)12-10;1-5-14-8(3)13(4)9-10(14)12-7(2)6-11-9;1-4-13-7(2)12(3)8-9(13)11-6-5-10-8/h6H2,1-5H3;3*6H,5H2,1-4H3;5-6H,4H2,1-3H3/q5*+1. The average molecular weight is 956 g/mol. The van der Waals surface area contributed by atoms with Crippen LogP contribution in [0.15, 0.2) is 31.1 Å². The monoisotopic (exact) mass is 956 g/mol. The highest BCUT2D eigenvalue weighted by atomic mass is 15.2. The minimum atomic E-state index is 0.837. The van der Waals surface area contributed by atoms with Crippen LogP contribution in [0.25, 0.3) is 56.2 Å². The van der Waals surface area contributed by atoms with Crippen LogP contribution in [0, 0.1) is 69.2 Å². The van der Waals surface area contributed by atoms with Gasteiger partial charge < -0.3 is 0 Å². The van der Waals surface area contributed by atoms with Gasteiger partial charge in [-0.3, -0.25) is 9.13 Å². The van der Waals surface area contributed by atoms with Gasteiger partial charge in [-0.15, -0.1) is 15.0 Å². The third kappa shape index (κ3) is 9.67. The third-order valence-corrected chi connectivity index (χ3v) is 13.4. The first-order chi connectivity index (χ1) is 33.3. The summed E-state index contributed by atoms with van der Waals surface area (Å²) in [6, 6.07) is 0. The molecule has 0 unspecified atom stereocenters. The molecule has 0 saturated heterocycles. The molecule has 0 radical (unpaired) electrons. The SMILES string of the molecule is CCn1c(C)[n+](C)c2nc(C)cnc21.CCn1c(C)[n+](C)c2nc(C)nc(C)c21.CCn1c(C)[n+](C)c2ncc(C)nc21.CCn1c(C)[n+](C)c2nccnc21.CCn1c(C)[n+](C)c2ncnc(C)c21. The largest absolute Gasteiger partial charge is 0.322 e. The number of aromatic nitrogens is 20. The summed E-state index contributed by atoms with van der Waals surface area (Å²) in [5.74, 6) is 6.83. The first-order valence-corrected chi connectivity index (χ1v) is 24.2. The molecule has 370 valence electrons. The van der Waals surface area contributed by atoms with E-state index in [1.165, 1.54) is 29.1 Å². The van der Waals surface area contributed by atoms with Crippen molar-refractivity contribution in [3.05, 3.63) is 88.8 Å². The molecule has 10 aromatic heterocycles. The van der Waals surface area contributed by atoms with Gasteiger partial charge in [0.25, 0.3) is 16.9 Å². The fraction of sp³-hybridized carbons (Fsp3) is 0.500. The Labute approximate surface area is 411 Å². The molecule has 0 bridgehead atoms. The van der Waals surface area contributed by atoms with Crippen molar-refractivity contribution < 1.29 is 22.8 Å². The van der Waals surface area contributed by atoms with Crippen LogP contribution >= 0.6 is 0 Å². The number of imidazole rings is 5. The summed E-state index contributed by atoms with van der Waals surface area (Å²) >= 11 is 0. The summed E-state index contributed by atoms with van der Waals surface area (Å²) in [5, 5.41) is 0. The van der Waals surface area contributed by atoms with E-state index < -0.39 is 0 Å². The smallest absolute Gasteiger partial charge is 0.256 e. The molecular weight excluding hydrogens is 881 g/mol. The van der Waals surface area contributed by atoms with Crippen LogP contribution in [-0.2, 0) is 68.0 Å². The highest BCUT2D eigenvalue weighted by Gasteiger charge is 2.24. The van der Waals surface area contributed by atoms with Crippen molar-refractivity contribution in [2.24, 2.45) is 35.2 Å². The molecule has 0 aliphatic carbocycles. The van der Waals surface area contributed by atoms with E-state index in [-0.39, 0.29) is 0 Å². The van der Waals surface area contributed by atoms with Crippen molar-refractivity contribution >= 4 is 56.2 Å². The highest BCUT2D eigenvalue weighted by Crippen LogP contribution is 2.16. The molecule has 0 atom stereocenters. The minimum absolute atomic E-state index is 0.837. The molecule has 0 fully saturated rings. The average Bonchev–Trinajstić information content (AvgIpc) is 4.01. The summed E-state index contributed by atoms with van der Waals surface area (Å²) in [4.78, 5) is 43.8. The predicted octanol–water partition coefficient (Wildman–Crippen LogP) is 4.46. The summed E-state index contributed by atoms with van der Waals surface area (Å²) in [6.45, 7) is 35.7. The van der Waals surface area contributed by atoms with Gasteiger partial charge in [0.2, 0.25) is 34.9 Å². The number of fused-ring (bicyclic) bond motifs is 5. The molecule has 0 saturated carbocycles. The Bertz CT molecular complexity index is 3490.